The van der Waals surface area contributed by atoms with Crippen molar-refractivity contribution in [3.05, 3.63) is 66.7 Å². The zero-order chi connectivity index (χ0) is 18.2. The first-order chi connectivity index (χ1) is 13.3. The fraction of sp³-hybridized carbons (Fsp3) is 0.158. The van der Waals surface area contributed by atoms with Crippen molar-refractivity contribution in [2.75, 3.05) is 13.1 Å². The van der Waals surface area contributed by atoms with E-state index in [1.54, 1.807) is 23.3 Å². The Balaban J connectivity index is 1.24. The van der Waals surface area contributed by atoms with Gasteiger partial charge in [-0.05, 0) is 12.1 Å². The van der Waals surface area contributed by atoms with Crippen molar-refractivity contribution in [3.63, 3.8) is 0 Å². The maximum Gasteiger partial charge on any atom is 0.274 e. The smallest absolute Gasteiger partial charge is 0.274 e. The van der Waals surface area contributed by atoms with Crippen LogP contribution in [0.25, 0.3) is 22.7 Å². The summed E-state index contributed by atoms with van der Waals surface area (Å²) in [6.45, 7) is 1.17. The van der Waals surface area contributed by atoms with Crippen molar-refractivity contribution >= 4 is 5.91 Å². The molecule has 0 saturated carbocycles. The molecule has 3 aromatic heterocycles. The topological polar surface area (TPSA) is 92.8 Å². The van der Waals surface area contributed by atoms with Crippen molar-refractivity contribution in [1.29, 1.82) is 0 Å². The summed E-state index contributed by atoms with van der Waals surface area (Å²) < 4.78 is 7.14. The van der Waals surface area contributed by atoms with Gasteiger partial charge in [0.2, 0.25) is 0 Å². The lowest BCUT2D eigenvalue weighted by molar-refractivity contribution is 0.0492. The van der Waals surface area contributed by atoms with E-state index in [0.717, 1.165) is 11.3 Å². The molecule has 0 unspecified atom stereocenters. The Labute approximate surface area is 154 Å². The summed E-state index contributed by atoms with van der Waals surface area (Å²) in [6, 6.07) is 15.3. The van der Waals surface area contributed by atoms with Gasteiger partial charge in [-0.3, -0.25) is 9.89 Å². The van der Waals surface area contributed by atoms with Crippen LogP contribution in [-0.2, 0) is 0 Å². The quantitative estimate of drug-likeness (QED) is 0.604. The van der Waals surface area contributed by atoms with E-state index in [2.05, 4.69) is 20.5 Å². The number of nitrogens with zero attached hydrogens (tertiary/aromatic N) is 5. The Kier molecular flexibility index (Phi) is 3.60. The molecule has 134 valence electrons. The van der Waals surface area contributed by atoms with E-state index >= 15 is 0 Å². The van der Waals surface area contributed by atoms with Crippen molar-refractivity contribution in [2.24, 2.45) is 0 Å². The van der Waals surface area contributed by atoms with Gasteiger partial charge in [-0.15, -0.1) is 5.10 Å². The van der Waals surface area contributed by atoms with Crippen LogP contribution in [0.2, 0.25) is 0 Å². The van der Waals surface area contributed by atoms with Crippen LogP contribution < -0.4 is 0 Å². The van der Waals surface area contributed by atoms with Gasteiger partial charge >= 0.3 is 0 Å². The van der Waals surface area contributed by atoms with Crippen molar-refractivity contribution in [1.82, 2.24) is 30.1 Å². The standard InChI is InChI=1S/C19H16N6O2/c26-19(16-9-15(20-21-16)18-7-4-8-27-18)24-10-14(11-24)25-12-17(22-23-25)13-5-2-1-3-6-13/h1-9,12,14H,10-11H2,(H,20,21). The third-order valence-electron chi connectivity index (χ3n) is 4.69. The van der Waals surface area contributed by atoms with Gasteiger partial charge in [-0.1, -0.05) is 35.5 Å². The molecule has 1 N–H and O–H groups in total. The molecule has 4 aromatic rings. The van der Waals surface area contributed by atoms with Gasteiger partial charge in [-0.25, -0.2) is 4.68 Å². The van der Waals surface area contributed by atoms with E-state index in [1.807, 2.05) is 47.3 Å². The van der Waals surface area contributed by atoms with Gasteiger partial charge in [0.15, 0.2) is 11.5 Å². The second-order valence-corrected chi connectivity index (χ2v) is 6.46. The van der Waals surface area contributed by atoms with Crippen LogP contribution in [0.3, 0.4) is 0 Å². The SMILES string of the molecule is O=C(c1cc(-c2ccco2)[nH]n1)N1CC(n2cc(-c3ccccc3)nn2)C1. The zero-order valence-electron chi connectivity index (χ0n) is 14.3. The molecule has 8 nitrogen and oxygen atoms in total. The summed E-state index contributed by atoms with van der Waals surface area (Å²) >= 11 is 0. The van der Waals surface area contributed by atoms with Gasteiger partial charge in [-0.2, -0.15) is 5.10 Å². The molecule has 27 heavy (non-hydrogen) atoms. The number of carbonyl (C=O) groups is 1. The van der Waals surface area contributed by atoms with E-state index < -0.39 is 0 Å². The molecule has 1 amide bonds. The highest BCUT2D eigenvalue weighted by Gasteiger charge is 2.34. The van der Waals surface area contributed by atoms with Gasteiger partial charge in [0.25, 0.3) is 5.91 Å². The molecule has 1 aliphatic heterocycles. The number of likely N-dealkylation sites (tertiary alicyclic amines) is 1. The number of furan rings is 1. The highest BCUT2D eigenvalue weighted by molar-refractivity contribution is 5.93. The highest BCUT2D eigenvalue weighted by Crippen LogP contribution is 2.25. The maximum absolute atomic E-state index is 12.6. The number of nitrogens with one attached hydrogen (secondary N) is 1. The van der Waals surface area contributed by atoms with E-state index in [4.69, 9.17) is 4.42 Å². The summed E-state index contributed by atoms with van der Waals surface area (Å²) in [4.78, 5) is 14.3. The Bertz CT molecular complexity index is 1060. The maximum atomic E-state index is 12.6. The number of aromatic amines is 1. The van der Waals surface area contributed by atoms with E-state index in [0.29, 0.717) is 30.2 Å². The molecule has 1 aromatic carbocycles. The predicted molar refractivity (Wildman–Crippen MR) is 96.7 cm³/mol. The molecule has 0 atom stereocenters. The molecular weight excluding hydrogens is 344 g/mol. The Morgan fingerprint density at radius 1 is 1.15 bits per heavy atom. The summed E-state index contributed by atoms with van der Waals surface area (Å²) in [5.74, 6) is 0.544. The van der Waals surface area contributed by atoms with Crippen LogP contribution in [0, 0.1) is 0 Å². The molecule has 0 bridgehead atoms. The average Bonchev–Trinajstić information content (AvgIpc) is 3.41. The second kappa shape index (κ2) is 6.24. The number of H-pyrrole nitrogens is 1. The van der Waals surface area contributed by atoms with Crippen molar-refractivity contribution < 1.29 is 9.21 Å². The van der Waals surface area contributed by atoms with Crippen LogP contribution >= 0.6 is 0 Å². The lowest BCUT2D eigenvalue weighted by atomic mass is 10.1. The van der Waals surface area contributed by atoms with Gasteiger partial charge in [0.1, 0.15) is 11.4 Å². The molecule has 1 fully saturated rings. The fourth-order valence-corrected chi connectivity index (χ4v) is 3.14. The Morgan fingerprint density at radius 2 is 2.00 bits per heavy atom. The van der Waals surface area contributed by atoms with E-state index in [9.17, 15) is 4.79 Å². The first-order valence-electron chi connectivity index (χ1n) is 8.64. The molecule has 4 heterocycles. The first kappa shape index (κ1) is 15.6. The number of hydrogen-bond donors (Lipinski definition) is 1. The lowest BCUT2D eigenvalue weighted by Gasteiger charge is -2.38. The number of hydrogen-bond acceptors (Lipinski definition) is 5. The normalized spacial score (nSPS) is 14.3. The van der Waals surface area contributed by atoms with Gasteiger partial charge in [0, 0.05) is 24.7 Å². The third kappa shape index (κ3) is 2.80. The third-order valence-corrected chi connectivity index (χ3v) is 4.69. The molecule has 0 aliphatic carbocycles. The van der Waals surface area contributed by atoms with Gasteiger partial charge < -0.3 is 9.32 Å². The lowest BCUT2D eigenvalue weighted by Crippen LogP contribution is -2.51. The largest absolute Gasteiger partial charge is 0.463 e. The molecule has 1 aliphatic rings. The van der Waals surface area contributed by atoms with E-state index in [-0.39, 0.29) is 11.9 Å². The summed E-state index contributed by atoms with van der Waals surface area (Å²) in [6.07, 6.45) is 3.50. The zero-order valence-corrected chi connectivity index (χ0v) is 14.3. The average molecular weight is 360 g/mol. The second-order valence-electron chi connectivity index (χ2n) is 6.46. The summed E-state index contributed by atoms with van der Waals surface area (Å²) in [5, 5.41) is 15.4. The van der Waals surface area contributed by atoms with Crippen LogP contribution in [0.1, 0.15) is 16.5 Å². The van der Waals surface area contributed by atoms with Crippen molar-refractivity contribution in [3.8, 4) is 22.7 Å². The molecule has 5 rings (SSSR count). The molecule has 8 heteroatoms. The number of aromatic nitrogens is 5. The van der Waals surface area contributed by atoms with Crippen molar-refractivity contribution in [2.45, 2.75) is 6.04 Å². The van der Waals surface area contributed by atoms with Crippen LogP contribution in [0.5, 0.6) is 0 Å². The Morgan fingerprint density at radius 3 is 2.78 bits per heavy atom. The van der Waals surface area contributed by atoms with Crippen LogP contribution in [0.4, 0.5) is 0 Å². The number of carbonyl (C=O) groups excluding carboxylic acids is 1. The number of benzene rings is 1. The number of amides is 1. The predicted octanol–water partition coefficient (Wildman–Crippen LogP) is 2.63. The molecule has 1 saturated heterocycles. The summed E-state index contributed by atoms with van der Waals surface area (Å²) in [7, 11) is 0. The minimum absolute atomic E-state index is 0.108. The monoisotopic (exact) mass is 360 g/mol. The molecule has 0 radical (unpaired) electrons. The molecule has 0 spiro atoms. The Hall–Kier alpha value is -3.68. The highest BCUT2D eigenvalue weighted by atomic mass is 16.3. The van der Waals surface area contributed by atoms with Crippen LogP contribution in [0.15, 0.2) is 65.4 Å². The molecular formula is C19H16N6O2. The summed E-state index contributed by atoms with van der Waals surface area (Å²) in [5.41, 5.74) is 2.92. The fourth-order valence-electron chi connectivity index (χ4n) is 3.14. The number of rotatable bonds is 4. The first-order valence-corrected chi connectivity index (χ1v) is 8.64. The van der Waals surface area contributed by atoms with Gasteiger partial charge in [0.05, 0.1) is 18.5 Å². The van der Waals surface area contributed by atoms with E-state index in [1.165, 1.54) is 0 Å². The minimum atomic E-state index is -0.108. The van der Waals surface area contributed by atoms with Crippen LogP contribution in [-0.4, -0.2) is 49.1 Å². The minimum Gasteiger partial charge on any atom is -0.463 e.